The number of pyridine rings is 1. The van der Waals surface area contributed by atoms with Crippen molar-refractivity contribution in [3.8, 4) is 11.5 Å². The van der Waals surface area contributed by atoms with E-state index in [1.165, 1.54) is 11.3 Å². The van der Waals surface area contributed by atoms with E-state index >= 15 is 0 Å². The van der Waals surface area contributed by atoms with Gasteiger partial charge in [-0.2, -0.15) is 0 Å². The third-order valence-corrected chi connectivity index (χ3v) is 5.04. The highest BCUT2D eigenvalue weighted by Crippen LogP contribution is 2.28. The number of nitrogens with zero attached hydrogens (tertiary/aromatic N) is 3. The summed E-state index contributed by atoms with van der Waals surface area (Å²) in [5.41, 5.74) is 2.30. The number of aromatic amines is 1. The predicted molar refractivity (Wildman–Crippen MR) is 116 cm³/mol. The second-order valence-corrected chi connectivity index (χ2v) is 7.32. The molecule has 0 aliphatic carbocycles. The van der Waals surface area contributed by atoms with E-state index in [1.54, 1.807) is 42.9 Å². The molecule has 152 valence electrons. The van der Waals surface area contributed by atoms with Crippen LogP contribution in [-0.4, -0.2) is 32.4 Å². The number of H-pyrrole nitrogens is 1. The maximum Gasteiger partial charge on any atom is 0.255 e. The predicted octanol–water partition coefficient (Wildman–Crippen LogP) is 4.08. The van der Waals surface area contributed by atoms with Gasteiger partial charge in [-0.05, 0) is 25.1 Å². The largest absolute Gasteiger partial charge is 0.456 e. The maximum atomic E-state index is 12.6. The number of amides is 1. The van der Waals surface area contributed by atoms with Gasteiger partial charge >= 0.3 is 0 Å². The number of aromatic nitrogens is 4. The van der Waals surface area contributed by atoms with Crippen molar-refractivity contribution >= 4 is 28.2 Å². The van der Waals surface area contributed by atoms with Crippen LogP contribution < -0.4 is 15.4 Å². The van der Waals surface area contributed by atoms with Crippen LogP contribution in [0.3, 0.4) is 0 Å². The molecular weight excluding hydrogens is 400 g/mol. The Bertz CT molecular complexity index is 1130. The normalized spacial score (nSPS) is 10.6. The Morgan fingerprint density at radius 1 is 1.23 bits per heavy atom. The van der Waals surface area contributed by atoms with Crippen molar-refractivity contribution < 1.29 is 9.53 Å². The number of rotatable bonds is 8. The molecule has 3 heterocycles. The van der Waals surface area contributed by atoms with Gasteiger partial charge in [-0.15, -0.1) is 11.3 Å². The molecule has 3 aromatic heterocycles. The molecule has 4 aromatic rings. The number of para-hydroxylation sites is 1. The van der Waals surface area contributed by atoms with Crippen LogP contribution in [-0.2, 0) is 6.42 Å². The highest BCUT2D eigenvalue weighted by molar-refractivity contribution is 7.13. The lowest BCUT2D eigenvalue weighted by atomic mass is 10.2. The van der Waals surface area contributed by atoms with E-state index in [0.717, 1.165) is 16.5 Å². The van der Waals surface area contributed by atoms with E-state index in [-0.39, 0.29) is 5.91 Å². The number of anilines is 2. The first-order chi connectivity index (χ1) is 14.7. The molecule has 0 aliphatic heterocycles. The highest BCUT2D eigenvalue weighted by Gasteiger charge is 2.13. The summed E-state index contributed by atoms with van der Waals surface area (Å²) in [5, 5.41) is 8.78. The fraction of sp³-hybridized carbons (Fsp3) is 0.143. The van der Waals surface area contributed by atoms with Gasteiger partial charge in [0.2, 0.25) is 0 Å². The molecule has 0 bridgehead atoms. The summed E-state index contributed by atoms with van der Waals surface area (Å²) >= 11 is 1.50. The van der Waals surface area contributed by atoms with Crippen molar-refractivity contribution in [2.75, 3.05) is 11.9 Å². The number of imidazole rings is 1. The Balaban J connectivity index is 1.43. The first kappa shape index (κ1) is 19.6. The minimum absolute atomic E-state index is 0.202. The van der Waals surface area contributed by atoms with Crippen molar-refractivity contribution in [2.45, 2.75) is 13.3 Å². The minimum atomic E-state index is -0.202. The van der Waals surface area contributed by atoms with Crippen molar-refractivity contribution in [2.24, 2.45) is 0 Å². The Kier molecular flexibility index (Phi) is 6.00. The zero-order valence-electron chi connectivity index (χ0n) is 16.3. The molecule has 0 fully saturated rings. The molecular formula is C21H20N6O2S. The fourth-order valence-electron chi connectivity index (χ4n) is 2.76. The van der Waals surface area contributed by atoms with Crippen LogP contribution >= 0.6 is 11.3 Å². The Hall–Kier alpha value is -3.72. The summed E-state index contributed by atoms with van der Waals surface area (Å²) in [6.45, 7) is 2.42. The van der Waals surface area contributed by atoms with Crippen LogP contribution in [0.25, 0.3) is 0 Å². The Morgan fingerprint density at radius 2 is 2.13 bits per heavy atom. The van der Waals surface area contributed by atoms with Gasteiger partial charge in [0.25, 0.3) is 5.91 Å². The second kappa shape index (κ2) is 9.19. The van der Waals surface area contributed by atoms with Crippen LogP contribution in [0.4, 0.5) is 10.9 Å². The van der Waals surface area contributed by atoms with E-state index in [4.69, 9.17) is 4.74 Å². The van der Waals surface area contributed by atoms with Crippen LogP contribution in [0.1, 0.15) is 21.7 Å². The number of hydrogen-bond acceptors (Lipinski definition) is 7. The number of benzene rings is 1. The summed E-state index contributed by atoms with van der Waals surface area (Å²) < 4.78 is 5.99. The van der Waals surface area contributed by atoms with Crippen molar-refractivity contribution in [1.29, 1.82) is 0 Å². The van der Waals surface area contributed by atoms with E-state index in [2.05, 4.69) is 30.6 Å². The number of carbonyl (C=O) groups is 1. The summed E-state index contributed by atoms with van der Waals surface area (Å²) in [5.74, 6) is 1.45. The maximum absolute atomic E-state index is 12.6. The quantitative estimate of drug-likeness (QED) is 0.397. The lowest BCUT2D eigenvalue weighted by molar-refractivity contribution is 0.0952. The molecule has 1 amide bonds. The van der Waals surface area contributed by atoms with Crippen molar-refractivity contribution in [3.05, 3.63) is 77.5 Å². The van der Waals surface area contributed by atoms with E-state index < -0.39 is 0 Å². The number of aryl methyl sites for hydroxylation is 1. The van der Waals surface area contributed by atoms with Gasteiger partial charge in [0, 0.05) is 36.8 Å². The van der Waals surface area contributed by atoms with Crippen LogP contribution in [0.2, 0.25) is 0 Å². The number of hydrogen-bond donors (Lipinski definition) is 3. The average Bonchev–Trinajstić information content (AvgIpc) is 3.40. The highest BCUT2D eigenvalue weighted by atomic mass is 32.1. The zero-order chi connectivity index (χ0) is 20.8. The summed E-state index contributed by atoms with van der Waals surface area (Å²) in [7, 11) is 0. The standard InChI is InChI=1S/C21H20N6O2S/c1-14-12-30-21(26-14)27-19-10-16(7-9-23-19)29-18-5-3-2-4-17(18)20(28)24-8-6-15-11-22-13-25-15/h2-5,7,9-13H,6,8H2,1H3,(H,22,25)(H,24,28)(H,23,26,27). The molecule has 0 saturated carbocycles. The van der Waals surface area contributed by atoms with Crippen molar-refractivity contribution in [1.82, 2.24) is 25.3 Å². The van der Waals surface area contributed by atoms with Crippen LogP contribution in [0, 0.1) is 6.92 Å². The number of nitrogens with one attached hydrogen (secondary N) is 3. The Morgan fingerprint density at radius 3 is 2.93 bits per heavy atom. The fourth-order valence-corrected chi connectivity index (χ4v) is 3.46. The van der Waals surface area contributed by atoms with E-state index in [0.29, 0.717) is 35.8 Å². The van der Waals surface area contributed by atoms with Crippen LogP contribution in [0.5, 0.6) is 11.5 Å². The summed E-state index contributed by atoms with van der Waals surface area (Å²) in [6, 6.07) is 10.6. The monoisotopic (exact) mass is 420 g/mol. The first-order valence-corrected chi connectivity index (χ1v) is 10.2. The van der Waals surface area contributed by atoms with E-state index in [9.17, 15) is 4.79 Å². The molecule has 0 unspecified atom stereocenters. The van der Waals surface area contributed by atoms with Gasteiger partial charge in [-0.1, -0.05) is 12.1 Å². The molecule has 9 heteroatoms. The SMILES string of the molecule is Cc1csc(Nc2cc(Oc3ccccc3C(=O)NCCc3c[nH]cn3)ccn2)n1. The number of ether oxygens (including phenoxy) is 1. The van der Waals surface area contributed by atoms with Gasteiger partial charge in [-0.25, -0.2) is 15.0 Å². The summed E-state index contributed by atoms with van der Waals surface area (Å²) in [4.78, 5) is 28.4. The van der Waals surface area contributed by atoms with Crippen LogP contribution in [0.15, 0.2) is 60.5 Å². The molecule has 1 aromatic carbocycles. The Labute approximate surface area is 177 Å². The number of thiazole rings is 1. The lowest BCUT2D eigenvalue weighted by Gasteiger charge is -2.12. The van der Waals surface area contributed by atoms with Gasteiger partial charge < -0.3 is 20.4 Å². The summed E-state index contributed by atoms with van der Waals surface area (Å²) in [6.07, 6.45) is 5.72. The van der Waals surface area contributed by atoms with E-state index in [1.807, 2.05) is 24.6 Å². The molecule has 0 atom stereocenters. The lowest BCUT2D eigenvalue weighted by Crippen LogP contribution is -2.26. The zero-order valence-corrected chi connectivity index (χ0v) is 17.1. The molecule has 30 heavy (non-hydrogen) atoms. The number of carbonyl (C=O) groups excluding carboxylic acids is 1. The van der Waals surface area contributed by atoms with Gasteiger partial charge in [0.1, 0.15) is 17.3 Å². The third kappa shape index (κ3) is 5.00. The van der Waals surface area contributed by atoms with Gasteiger partial charge in [0.15, 0.2) is 5.13 Å². The molecule has 8 nitrogen and oxygen atoms in total. The second-order valence-electron chi connectivity index (χ2n) is 6.46. The molecule has 4 rings (SSSR count). The minimum Gasteiger partial charge on any atom is -0.456 e. The van der Waals surface area contributed by atoms with Gasteiger partial charge in [0.05, 0.1) is 23.3 Å². The molecule has 0 radical (unpaired) electrons. The van der Waals surface area contributed by atoms with Crippen molar-refractivity contribution in [3.63, 3.8) is 0 Å². The molecule has 3 N–H and O–H groups in total. The van der Waals surface area contributed by atoms with Gasteiger partial charge in [-0.3, -0.25) is 4.79 Å². The molecule has 0 spiro atoms. The first-order valence-electron chi connectivity index (χ1n) is 9.35. The topological polar surface area (TPSA) is 105 Å². The average molecular weight is 420 g/mol. The molecule has 0 saturated heterocycles. The molecule has 0 aliphatic rings. The third-order valence-electron chi connectivity index (χ3n) is 4.17. The smallest absolute Gasteiger partial charge is 0.255 e.